The molecule has 4 rings (SSSR count). The maximum Gasteiger partial charge on any atom is 0.531 e. The molecule has 0 bridgehead atoms. The van der Waals surface area contributed by atoms with Crippen LogP contribution < -0.4 is 19.2 Å². The first-order valence-electron chi connectivity index (χ1n) is 9.98. The summed E-state index contributed by atoms with van der Waals surface area (Å²) < 4.78 is 13.7. The Kier molecular flexibility index (Phi) is 5.82. The lowest BCUT2D eigenvalue weighted by Crippen LogP contribution is -2.68. The molecule has 0 aromatic heterocycles. The third kappa shape index (κ3) is 4.07. The number of benzene rings is 4. The molecule has 0 N–H and O–H groups in total. The molecule has 30 heavy (non-hydrogen) atoms. The van der Waals surface area contributed by atoms with Crippen molar-refractivity contribution in [1.82, 2.24) is 0 Å². The summed E-state index contributed by atoms with van der Waals surface area (Å²) in [7, 11) is -3.11. The van der Waals surface area contributed by atoms with Crippen molar-refractivity contribution in [3.05, 3.63) is 127 Å². The summed E-state index contributed by atoms with van der Waals surface area (Å²) in [6.07, 6.45) is 1.83. The Labute approximate surface area is 179 Å². The summed E-state index contributed by atoms with van der Waals surface area (Å²) in [6.45, 7) is 5.90. The van der Waals surface area contributed by atoms with Gasteiger partial charge in [0.15, 0.2) is 0 Å². The molecule has 4 aromatic rings. The fourth-order valence-electron chi connectivity index (χ4n) is 3.40. The molecule has 0 aliphatic rings. The minimum atomic E-state index is -3.11. The maximum absolute atomic E-state index is 6.86. The first kappa shape index (κ1) is 19.7. The van der Waals surface area contributed by atoms with Gasteiger partial charge in [0.25, 0.3) is 0 Å². The van der Waals surface area contributed by atoms with Crippen molar-refractivity contribution in [2.75, 3.05) is 0 Å². The van der Waals surface area contributed by atoms with Gasteiger partial charge < -0.3 is 8.85 Å². The third-order valence-corrected chi connectivity index (χ3v) is 8.25. The Morgan fingerprint density at radius 2 is 1.17 bits per heavy atom. The molecule has 0 amide bonds. The molecule has 0 saturated heterocycles. The second kappa shape index (κ2) is 8.85. The largest absolute Gasteiger partial charge is 0.531 e. The van der Waals surface area contributed by atoms with Crippen molar-refractivity contribution >= 4 is 25.0 Å². The van der Waals surface area contributed by atoms with E-state index >= 15 is 0 Å². The lowest BCUT2D eigenvalue weighted by molar-refractivity contribution is 0.415. The Hall–Kier alpha value is -3.56. The number of rotatable bonds is 7. The molecule has 0 unspecified atom stereocenters. The van der Waals surface area contributed by atoms with E-state index in [1.54, 1.807) is 0 Å². The second-order valence-corrected chi connectivity index (χ2v) is 9.89. The second-order valence-electron chi connectivity index (χ2n) is 7.09. The highest BCUT2D eigenvalue weighted by molar-refractivity contribution is 6.93. The van der Waals surface area contributed by atoms with Crippen LogP contribution in [0.15, 0.2) is 116 Å². The summed E-state index contributed by atoms with van der Waals surface area (Å²) >= 11 is 0. The van der Waals surface area contributed by atoms with Gasteiger partial charge in [-0.15, -0.1) is 0 Å². The van der Waals surface area contributed by atoms with Gasteiger partial charge in [-0.25, -0.2) is 0 Å². The summed E-state index contributed by atoms with van der Waals surface area (Å²) in [6, 6.07) is 36.6. The predicted molar refractivity (Wildman–Crippen MR) is 127 cm³/mol. The highest BCUT2D eigenvalue weighted by Crippen LogP contribution is 2.24. The van der Waals surface area contributed by atoms with Gasteiger partial charge in [0, 0.05) is 10.4 Å². The zero-order valence-corrected chi connectivity index (χ0v) is 18.0. The SMILES string of the molecule is C=Cc1ccc(O[Si](Oc2ccccc2C)(c2ccccc2)c2ccccc2)cc1. The van der Waals surface area contributed by atoms with Crippen molar-refractivity contribution in [2.24, 2.45) is 0 Å². The van der Waals surface area contributed by atoms with Gasteiger partial charge in [0.1, 0.15) is 11.5 Å². The Bertz CT molecular complexity index is 1070. The van der Waals surface area contributed by atoms with Crippen LogP contribution in [0.4, 0.5) is 0 Å². The summed E-state index contributed by atoms with van der Waals surface area (Å²) in [5.41, 5.74) is 2.13. The molecule has 0 aliphatic carbocycles. The lowest BCUT2D eigenvalue weighted by Gasteiger charge is -2.32. The van der Waals surface area contributed by atoms with E-state index in [9.17, 15) is 0 Å². The van der Waals surface area contributed by atoms with Gasteiger partial charge in [0.05, 0.1) is 0 Å². The minimum Gasteiger partial charge on any atom is -0.506 e. The monoisotopic (exact) mass is 408 g/mol. The van der Waals surface area contributed by atoms with E-state index in [4.69, 9.17) is 8.85 Å². The summed E-state index contributed by atoms with van der Waals surface area (Å²) in [4.78, 5) is 0. The number of hydrogen-bond donors (Lipinski definition) is 0. The Morgan fingerprint density at radius 1 is 0.633 bits per heavy atom. The van der Waals surface area contributed by atoms with Crippen LogP contribution in [-0.2, 0) is 0 Å². The molecule has 0 spiro atoms. The molecule has 0 fully saturated rings. The van der Waals surface area contributed by atoms with E-state index in [-0.39, 0.29) is 0 Å². The summed E-state index contributed by atoms with van der Waals surface area (Å²) in [5.74, 6) is 1.60. The maximum atomic E-state index is 6.86. The molecular formula is C27H24O2Si. The fourth-order valence-corrected chi connectivity index (χ4v) is 6.52. The number of aryl methyl sites for hydroxylation is 1. The molecule has 2 nitrogen and oxygen atoms in total. The van der Waals surface area contributed by atoms with Gasteiger partial charge in [0.2, 0.25) is 0 Å². The van der Waals surface area contributed by atoms with E-state index < -0.39 is 8.56 Å². The van der Waals surface area contributed by atoms with Gasteiger partial charge >= 0.3 is 8.56 Å². The predicted octanol–water partition coefficient (Wildman–Crippen LogP) is 5.35. The van der Waals surface area contributed by atoms with Crippen molar-refractivity contribution in [3.63, 3.8) is 0 Å². The minimum absolute atomic E-state index is 0.772. The Balaban J connectivity index is 1.90. The van der Waals surface area contributed by atoms with Gasteiger partial charge in [-0.2, -0.15) is 0 Å². The van der Waals surface area contributed by atoms with Gasteiger partial charge in [-0.3, -0.25) is 0 Å². The normalized spacial score (nSPS) is 11.0. The standard InChI is InChI=1S/C27H24O2Si/c1-3-23-18-20-24(21-19-23)28-30(25-13-6-4-7-14-25,26-15-8-5-9-16-26)29-27-17-11-10-12-22(27)2/h3-21H,1H2,2H3. The molecular weight excluding hydrogens is 384 g/mol. The summed E-state index contributed by atoms with van der Waals surface area (Å²) in [5, 5.41) is 2.10. The lowest BCUT2D eigenvalue weighted by atomic mass is 10.2. The molecule has 148 valence electrons. The van der Waals surface area contributed by atoms with Crippen LogP contribution in [0.25, 0.3) is 6.08 Å². The first-order valence-corrected chi connectivity index (χ1v) is 11.8. The van der Waals surface area contributed by atoms with Gasteiger partial charge in [-0.05, 0) is 36.2 Å². The van der Waals surface area contributed by atoms with Crippen LogP contribution >= 0.6 is 0 Å². The molecule has 0 radical (unpaired) electrons. The van der Waals surface area contributed by atoms with Crippen LogP contribution in [0.5, 0.6) is 11.5 Å². The van der Waals surface area contributed by atoms with Crippen LogP contribution in [0, 0.1) is 6.92 Å². The van der Waals surface area contributed by atoms with Crippen LogP contribution in [0.1, 0.15) is 11.1 Å². The molecule has 3 heteroatoms. The Morgan fingerprint density at radius 3 is 1.70 bits per heavy atom. The van der Waals surface area contributed by atoms with E-state index in [1.807, 2.05) is 84.9 Å². The molecule has 0 saturated carbocycles. The number of para-hydroxylation sites is 1. The topological polar surface area (TPSA) is 18.5 Å². The molecule has 0 heterocycles. The third-order valence-electron chi connectivity index (χ3n) is 5.03. The first-order chi connectivity index (χ1) is 14.7. The van der Waals surface area contributed by atoms with E-state index in [0.29, 0.717) is 0 Å². The van der Waals surface area contributed by atoms with Crippen molar-refractivity contribution in [1.29, 1.82) is 0 Å². The zero-order chi connectivity index (χ0) is 20.8. The average Bonchev–Trinajstić information content (AvgIpc) is 2.81. The smallest absolute Gasteiger partial charge is 0.506 e. The number of hydrogen-bond acceptors (Lipinski definition) is 2. The average molecular weight is 409 g/mol. The quantitative estimate of drug-likeness (QED) is 0.384. The van der Waals surface area contributed by atoms with E-state index in [2.05, 4.69) is 43.8 Å². The van der Waals surface area contributed by atoms with Crippen LogP contribution in [0.2, 0.25) is 0 Å². The zero-order valence-electron chi connectivity index (χ0n) is 17.0. The van der Waals surface area contributed by atoms with E-state index in [0.717, 1.165) is 33.0 Å². The van der Waals surface area contributed by atoms with Crippen molar-refractivity contribution in [2.45, 2.75) is 6.92 Å². The van der Waals surface area contributed by atoms with Gasteiger partial charge in [-0.1, -0.05) is 104 Å². The molecule has 0 atom stereocenters. The highest BCUT2D eigenvalue weighted by atomic mass is 28.4. The molecule has 0 aliphatic heterocycles. The van der Waals surface area contributed by atoms with Crippen LogP contribution in [-0.4, -0.2) is 8.56 Å². The van der Waals surface area contributed by atoms with Crippen molar-refractivity contribution < 1.29 is 8.85 Å². The molecule has 4 aromatic carbocycles. The van der Waals surface area contributed by atoms with Crippen LogP contribution in [0.3, 0.4) is 0 Å². The fraction of sp³-hybridized carbons (Fsp3) is 0.0370. The van der Waals surface area contributed by atoms with Crippen molar-refractivity contribution in [3.8, 4) is 11.5 Å². The van der Waals surface area contributed by atoms with E-state index in [1.165, 1.54) is 0 Å². The highest BCUT2D eigenvalue weighted by Gasteiger charge is 2.47.